The first kappa shape index (κ1) is 22.5. The third-order valence-electron chi connectivity index (χ3n) is 4.59. The number of hydrogen-bond donors (Lipinski definition) is 1. The number of nitrogens with zero attached hydrogens (tertiary/aromatic N) is 2. The maximum absolute atomic E-state index is 14.7. The zero-order valence-corrected chi connectivity index (χ0v) is 17.5. The SMILES string of the molecule is CC(=O)N[C@@H](C)COC1CCC(Oc2ncc3nc(OCC(F)F)sc3c2F)CC1. The summed E-state index contributed by atoms with van der Waals surface area (Å²) in [6.07, 6.45) is 1.47. The monoisotopic (exact) mass is 447 g/mol. The van der Waals surface area contributed by atoms with Crippen LogP contribution in [0.25, 0.3) is 10.2 Å². The van der Waals surface area contributed by atoms with Gasteiger partial charge in [-0.15, -0.1) is 0 Å². The summed E-state index contributed by atoms with van der Waals surface area (Å²) in [6.45, 7) is 2.98. The minimum Gasteiger partial charge on any atom is -0.472 e. The van der Waals surface area contributed by atoms with Gasteiger partial charge < -0.3 is 19.5 Å². The largest absolute Gasteiger partial charge is 0.472 e. The number of aromatic nitrogens is 2. The minimum atomic E-state index is -2.63. The van der Waals surface area contributed by atoms with Crippen LogP contribution in [0.4, 0.5) is 13.2 Å². The Morgan fingerprint density at radius 3 is 2.63 bits per heavy atom. The molecule has 0 bridgehead atoms. The van der Waals surface area contributed by atoms with Crippen LogP contribution in [0.1, 0.15) is 39.5 Å². The van der Waals surface area contributed by atoms with Crippen molar-refractivity contribution in [3.8, 4) is 11.1 Å². The highest BCUT2D eigenvalue weighted by Crippen LogP contribution is 2.34. The van der Waals surface area contributed by atoms with Gasteiger partial charge in [-0.05, 0) is 32.6 Å². The maximum atomic E-state index is 14.7. The summed E-state index contributed by atoms with van der Waals surface area (Å²) in [7, 11) is 0. The first-order valence-corrected chi connectivity index (χ1v) is 10.5. The van der Waals surface area contributed by atoms with Crippen molar-refractivity contribution < 1.29 is 32.2 Å². The zero-order chi connectivity index (χ0) is 21.7. The van der Waals surface area contributed by atoms with Crippen LogP contribution in [0.5, 0.6) is 11.1 Å². The molecule has 0 aliphatic heterocycles. The second-order valence-corrected chi connectivity index (χ2v) is 8.19. The van der Waals surface area contributed by atoms with Gasteiger partial charge in [0, 0.05) is 13.0 Å². The fourth-order valence-corrected chi connectivity index (χ4v) is 4.08. The van der Waals surface area contributed by atoms with E-state index in [1.165, 1.54) is 13.1 Å². The number of fused-ring (bicyclic) bond motifs is 1. The molecular weight excluding hydrogens is 423 g/mol. The van der Waals surface area contributed by atoms with Crippen LogP contribution < -0.4 is 14.8 Å². The molecule has 2 heterocycles. The third kappa shape index (κ3) is 6.18. The van der Waals surface area contributed by atoms with E-state index in [0.29, 0.717) is 19.4 Å². The average Bonchev–Trinajstić information content (AvgIpc) is 3.11. The van der Waals surface area contributed by atoms with E-state index in [4.69, 9.17) is 14.2 Å². The fraction of sp³-hybridized carbons (Fsp3) is 0.632. The fourth-order valence-electron chi connectivity index (χ4n) is 3.25. The normalized spacial score (nSPS) is 20.3. The van der Waals surface area contributed by atoms with Gasteiger partial charge >= 0.3 is 0 Å². The number of pyridine rings is 1. The molecule has 1 N–H and O–H groups in total. The first-order valence-electron chi connectivity index (χ1n) is 9.73. The van der Waals surface area contributed by atoms with Crippen molar-refractivity contribution in [3.63, 3.8) is 0 Å². The molecule has 0 unspecified atom stereocenters. The molecular formula is C19H24F3N3O4S. The molecule has 1 amide bonds. The highest BCUT2D eigenvalue weighted by molar-refractivity contribution is 7.20. The second kappa shape index (κ2) is 10.3. The molecule has 2 aromatic rings. The van der Waals surface area contributed by atoms with Crippen LogP contribution in [0.3, 0.4) is 0 Å². The second-order valence-electron chi connectivity index (χ2n) is 7.23. The predicted molar refractivity (Wildman–Crippen MR) is 105 cm³/mol. The molecule has 3 rings (SSSR count). The molecule has 1 saturated carbocycles. The lowest BCUT2D eigenvalue weighted by Gasteiger charge is -2.29. The summed E-state index contributed by atoms with van der Waals surface area (Å²) in [4.78, 5) is 19.0. The molecule has 30 heavy (non-hydrogen) atoms. The number of halogens is 3. The highest BCUT2D eigenvalue weighted by atomic mass is 32.1. The number of hydrogen-bond acceptors (Lipinski definition) is 7. The number of nitrogens with one attached hydrogen (secondary N) is 1. The Morgan fingerprint density at radius 1 is 1.27 bits per heavy atom. The Kier molecular flexibility index (Phi) is 7.70. The van der Waals surface area contributed by atoms with Gasteiger partial charge in [0.25, 0.3) is 17.5 Å². The topological polar surface area (TPSA) is 82.6 Å². The van der Waals surface area contributed by atoms with Crippen LogP contribution in [-0.2, 0) is 9.53 Å². The number of carbonyl (C=O) groups excluding carboxylic acids is 1. The Balaban J connectivity index is 1.52. The Bertz CT molecular complexity index is 859. The number of amides is 1. The van der Waals surface area contributed by atoms with Gasteiger partial charge in [-0.1, -0.05) is 11.3 Å². The Morgan fingerprint density at radius 2 is 1.97 bits per heavy atom. The van der Waals surface area contributed by atoms with E-state index in [2.05, 4.69) is 15.3 Å². The Labute approximate surface area is 175 Å². The molecule has 0 aromatic carbocycles. The van der Waals surface area contributed by atoms with Crippen LogP contribution in [0, 0.1) is 5.82 Å². The van der Waals surface area contributed by atoms with Gasteiger partial charge in [0.1, 0.15) is 16.3 Å². The molecule has 2 aromatic heterocycles. The smallest absolute Gasteiger partial charge is 0.274 e. The molecule has 1 aliphatic rings. The molecule has 0 radical (unpaired) electrons. The van der Waals surface area contributed by atoms with E-state index in [0.717, 1.165) is 24.2 Å². The van der Waals surface area contributed by atoms with Crippen molar-refractivity contribution in [3.05, 3.63) is 12.0 Å². The van der Waals surface area contributed by atoms with E-state index < -0.39 is 18.8 Å². The van der Waals surface area contributed by atoms with Crippen molar-refractivity contribution in [1.29, 1.82) is 0 Å². The van der Waals surface area contributed by atoms with Crippen molar-refractivity contribution in [2.24, 2.45) is 0 Å². The number of alkyl halides is 2. The van der Waals surface area contributed by atoms with Gasteiger partial charge in [0.15, 0.2) is 6.61 Å². The van der Waals surface area contributed by atoms with Crippen molar-refractivity contribution in [2.45, 2.75) is 64.2 Å². The lowest BCUT2D eigenvalue weighted by Crippen LogP contribution is -2.37. The van der Waals surface area contributed by atoms with Crippen LogP contribution in [-0.4, -0.2) is 53.8 Å². The van der Waals surface area contributed by atoms with Crippen LogP contribution in [0.15, 0.2) is 6.20 Å². The van der Waals surface area contributed by atoms with Crippen LogP contribution in [0.2, 0.25) is 0 Å². The Hall–Kier alpha value is -2.14. The minimum absolute atomic E-state index is 0.0331. The predicted octanol–water partition coefficient (Wildman–Crippen LogP) is 3.71. The van der Waals surface area contributed by atoms with Gasteiger partial charge in [0.05, 0.1) is 18.9 Å². The van der Waals surface area contributed by atoms with Gasteiger partial charge in [-0.25, -0.2) is 18.7 Å². The molecule has 0 spiro atoms. The summed E-state index contributed by atoms with van der Waals surface area (Å²) in [5.41, 5.74) is 0.236. The molecule has 1 aliphatic carbocycles. The number of carbonyl (C=O) groups is 1. The zero-order valence-electron chi connectivity index (χ0n) is 16.7. The molecule has 7 nitrogen and oxygen atoms in total. The van der Waals surface area contributed by atoms with E-state index in [1.807, 2.05) is 6.92 Å². The van der Waals surface area contributed by atoms with E-state index in [1.54, 1.807) is 0 Å². The van der Waals surface area contributed by atoms with Crippen LogP contribution >= 0.6 is 11.3 Å². The van der Waals surface area contributed by atoms with Gasteiger partial charge in [-0.3, -0.25) is 4.79 Å². The quantitative estimate of drug-likeness (QED) is 0.631. The molecule has 1 fully saturated rings. The molecule has 11 heteroatoms. The number of thiazole rings is 1. The van der Waals surface area contributed by atoms with E-state index in [-0.39, 0.29) is 45.4 Å². The number of rotatable bonds is 9. The average molecular weight is 447 g/mol. The highest BCUT2D eigenvalue weighted by Gasteiger charge is 2.26. The summed E-state index contributed by atoms with van der Waals surface area (Å²) >= 11 is 0.844. The first-order chi connectivity index (χ1) is 14.3. The summed E-state index contributed by atoms with van der Waals surface area (Å²) < 4.78 is 55.9. The van der Waals surface area contributed by atoms with Gasteiger partial charge in [-0.2, -0.15) is 4.39 Å². The van der Waals surface area contributed by atoms with E-state index in [9.17, 15) is 18.0 Å². The summed E-state index contributed by atoms with van der Waals surface area (Å²) in [5.74, 6) is -0.891. The maximum Gasteiger partial charge on any atom is 0.274 e. The summed E-state index contributed by atoms with van der Waals surface area (Å²) in [6, 6.07) is -0.0598. The van der Waals surface area contributed by atoms with Crippen molar-refractivity contribution in [2.75, 3.05) is 13.2 Å². The lowest BCUT2D eigenvalue weighted by molar-refractivity contribution is -0.120. The molecule has 1 atom stereocenters. The van der Waals surface area contributed by atoms with Crippen molar-refractivity contribution in [1.82, 2.24) is 15.3 Å². The number of ether oxygens (including phenoxy) is 3. The molecule has 0 saturated heterocycles. The lowest BCUT2D eigenvalue weighted by atomic mass is 9.95. The summed E-state index contributed by atoms with van der Waals surface area (Å²) in [5, 5.41) is 2.74. The standard InChI is InChI=1S/C19H24F3N3O4S/c1-10(24-11(2)26)8-27-12-3-5-13(6-4-12)29-18-16(22)17-14(7-23-18)25-19(30-17)28-9-15(20)21/h7,10,12-13,15H,3-6,8-9H2,1-2H3,(H,24,26)/t10-,12?,13?/m0/s1. The van der Waals surface area contributed by atoms with Gasteiger partial charge in [0.2, 0.25) is 11.7 Å². The molecule has 166 valence electrons. The van der Waals surface area contributed by atoms with Crippen molar-refractivity contribution >= 4 is 27.5 Å². The third-order valence-corrected chi connectivity index (χ3v) is 5.57. The van der Waals surface area contributed by atoms with E-state index >= 15 is 0 Å².